The van der Waals surface area contributed by atoms with E-state index in [0.717, 1.165) is 36.3 Å². The van der Waals surface area contributed by atoms with Gasteiger partial charge >= 0.3 is 0 Å². The van der Waals surface area contributed by atoms with Gasteiger partial charge in [0.1, 0.15) is 17.9 Å². The highest BCUT2D eigenvalue weighted by molar-refractivity contribution is 5.84. The number of para-hydroxylation sites is 1. The third kappa shape index (κ3) is 3.43. The predicted octanol–water partition coefficient (Wildman–Crippen LogP) is 2.62. The predicted molar refractivity (Wildman–Crippen MR) is 86.8 cm³/mol. The van der Waals surface area contributed by atoms with Gasteiger partial charge in [-0.15, -0.1) is 0 Å². The number of hydrogen-bond donors (Lipinski definition) is 1. The van der Waals surface area contributed by atoms with Crippen LogP contribution in [0.4, 0.5) is 0 Å². The molecular weight excluding hydrogens is 276 g/mol. The molecule has 2 heterocycles. The smallest absolute Gasteiger partial charge is 0.145 e. The fourth-order valence-corrected chi connectivity index (χ4v) is 2.33. The summed E-state index contributed by atoms with van der Waals surface area (Å²) in [5.41, 5.74) is 2.10. The lowest BCUT2D eigenvalue weighted by atomic mass is 10.2. The van der Waals surface area contributed by atoms with E-state index in [0.29, 0.717) is 6.61 Å². The standard InChI is InChI=1S/C17H20N4O/c1-2-21-13-14(12-20-21)11-18-9-10-22-16-7-3-5-15-6-4-8-19-17(15)16/h3-8,12-13,18H,2,9-11H2,1H3. The van der Waals surface area contributed by atoms with Crippen molar-refractivity contribution in [2.24, 2.45) is 0 Å². The Labute approximate surface area is 129 Å². The van der Waals surface area contributed by atoms with Crippen molar-refractivity contribution >= 4 is 10.9 Å². The van der Waals surface area contributed by atoms with Gasteiger partial charge in [-0.2, -0.15) is 5.10 Å². The first-order chi connectivity index (χ1) is 10.9. The minimum absolute atomic E-state index is 0.609. The third-order valence-electron chi connectivity index (χ3n) is 3.47. The summed E-state index contributed by atoms with van der Waals surface area (Å²) in [5.74, 6) is 0.832. The van der Waals surface area contributed by atoms with Crippen LogP contribution >= 0.6 is 0 Å². The molecule has 22 heavy (non-hydrogen) atoms. The maximum Gasteiger partial charge on any atom is 0.145 e. The number of aryl methyl sites for hydroxylation is 1. The van der Waals surface area contributed by atoms with Crippen LogP contribution in [0.25, 0.3) is 10.9 Å². The molecule has 0 aliphatic heterocycles. The van der Waals surface area contributed by atoms with Gasteiger partial charge in [0.05, 0.1) is 6.20 Å². The SMILES string of the molecule is CCn1cc(CNCCOc2cccc3cccnc23)cn1. The first kappa shape index (κ1) is 14.5. The summed E-state index contributed by atoms with van der Waals surface area (Å²) >= 11 is 0. The Morgan fingerprint density at radius 1 is 1.23 bits per heavy atom. The molecule has 0 fully saturated rings. The van der Waals surface area contributed by atoms with Gasteiger partial charge < -0.3 is 10.1 Å². The average Bonchev–Trinajstić information content (AvgIpc) is 3.03. The van der Waals surface area contributed by atoms with Crippen molar-refractivity contribution in [2.45, 2.75) is 20.0 Å². The molecule has 0 saturated carbocycles. The summed E-state index contributed by atoms with van der Waals surface area (Å²) in [6.07, 6.45) is 5.74. The van der Waals surface area contributed by atoms with Gasteiger partial charge in [-0.3, -0.25) is 9.67 Å². The second-order valence-electron chi connectivity index (χ2n) is 5.06. The van der Waals surface area contributed by atoms with E-state index in [1.807, 2.05) is 41.2 Å². The molecule has 0 unspecified atom stereocenters. The van der Waals surface area contributed by atoms with Crippen molar-refractivity contribution < 1.29 is 4.74 Å². The first-order valence-corrected chi connectivity index (χ1v) is 7.55. The number of aromatic nitrogens is 3. The lowest BCUT2D eigenvalue weighted by Gasteiger charge is -2.09. The van der Waals surface area contributed by atoms with E-state index < -0.39 is 0 Å². The monoisotopic (exact) mass is 296 g/mol. The second kappa shape index (κ2) is 7.04. The van der Waals surface area contributed by atoms with Crippen molar-refractivity contribution in [1.29, 1.82) is 0 Å². The zero-order chi connectivity index (χ0) is 15.2. The summed E-state index contributed by atoms with van der Waals surface area (Å²) in [6, 6.07) is 9.97. The van der Waals surface area contributed by atoms with E-state index in [2.05, 4.69) is 28.5 Å². The Morgan fingerprint density at radius 3 is 3.00 bits per heavy atom. The number of nitrogens with one attached hydrogen (secondary N) is 1. The van der Waals surface area contributed by atoms with Gasteiger partial charge in [-0.25, -0.2) is 0 Å². The van der Waals surface area contributed by atoms with E-state index in [-0.39, 0.29) is 0 Å². The summed E-state index contributed by atoms with van der Waals surface area (Å²) in [7, 11) is 0. The highest BCUT2D eigenvalue weighted by Crippen LogP contribution is 2.22. The van der Waals surface area contributed by atoms with E-state index in [4.69, 9.17) is 4.74 Å². The van der Waals surface area contributed by atoms with Crippen molar-refractivity contribution in [3.63, 3.8) is 0 Å². The third-order valence-corrected chi connectivity index (χ3v) is 3.47. The Morgan fingerprint density at radius 2 is 2.14 bits per heavy atom. The molecule has 3 rings (SSSR count). The largest absolute Gasteiger partial charge is 0.490 e. The van der Waals surface area contributed by atoms with Crippen LogP contribution in [0.3, 0.4) is 0 Å². The van der Waals surface area contributed by atoms with Gasteiger partial charge in [-0.1, -0.05) is 18.2 Å². The first-order valence-electron chi connectivity index (χ1n) is 7.55. The van der Waals surface area contributed by atoms with Gasteiger partial charge in [0.2, 0.25) is 0 Å². The number of fused-ring (bicyclic) bond motifs is 1. The van der Waals surface area contributed by atoms with E-state index >= 15 is 0 Å². The molecule has 0 saturated heterocycles. The molecule has 0 bridgehead atoms. The zero-order valence-electron chi connectivity index (χ0n) is 12.7. The Bertz CT molecular complexity index is 733. The molecular formula is C17H20N4O. The molecule has 0 aliphatic rings. The fraction of sp³-hybridized carbons (Fsp3) is 0.294. The molecule has 5 nitrogen and oxygen atoms in total. The van der Waals surface area contributed by atoms with Crippen LogP contribution in [-0.2, 0) is 13.1 Å². The fourth-order valence-electron chi connectivity index (χ4n) is 2.33. The molecule has 2 aromatic heterocycles. The van der Waals surface area contributed by atoms with Crippen LogP contribution in [0.5, 0.6) is 5.75 Å². The average molecular weight is 296 g/mol. The minimum Gasteiger partial charge on any atom is -0.490 e. The number of benzene rings is 1. The molecule has 0 amide bonds. The quantitative estimate of drug-likeness (QED) is 0.681. The zero-order valence-corrected chi connectivity index (χ0v) is 12.7. The second-order valence-corrected chi connectivity index (χ2v) is 5.06. The summed E-state index contributed by atoms with van der Waals surface area (Å²) in [6.45, 7) is 5.17. The van der Waals surface area contributed by atoms with Crippen LogP contribution in [-0.4, -0.2) is 27.9 Å². The Hall–Kier alpha value is -2.40. The van der Waals surface area contributed by atoms with Crippen molar-refractivity contribution in [3.05, 3.63) is 54.5 Å². The maximum absolute atomic E-state index is 5.84. The number of hydrogen-bond acceptors (Lipinski definition) is 4. The molecule has 0 spiro atoms. The highest BCUT2D eigenvalue weighted by Gasteiger charge is 2.02. The van der Waals surface area contributed by atoms with Gasteiger partial charge in [0, 0.05) is 43.0 Å². The van der Waals surface area contributed by atoms with Crippen molar-refractivity contribution in [3.8, 4) is 5.75 Å². The van der Waals surface area contributed by atoms with Gasteiger partial charge in [-0.05, 0) is 19.1 Å². The Kier molecular flexibility index (Phi) is 4.65. The minimum atomic E-state index is 0.609. The van der Waals surface area contributed by atoms with Gasteiger partial charge in [0.15, 0.2) is 0 Å². The number of pyridine rings is 1. The van der Waals surface area contributed by atoms with Crippen LogP contribution in [0.15, 0.2) is 48.9 Å². The molecule has 3 aromatic rings. The summed E-state index contributed by atoms with van der Waals surface area (Å²) in [4.78, 5) is 4.38. The van der Waals surface area contributed by atoms with Gasteiger partial charge in [0.25, 0.3) is 0 Å². The lowest BCUT2D eigenvalue weighted by Crippen LogP contribution is -2.20. The highest BCUT2D eigenvalue weighted by atomic mass is 16.5. The van der Waals surface area contributed by atoms with Crippen molar-refractivity contribution in [1.82, 2.24) is 20.1 Å². The number of nitrogens with zero attached hydrogens (tertiary/aromatic N) is 3. The molecule has 114 valence electrons. The van der Waals surface area contributed by atoms with E-state index in [9.17, 15) is 0 Å². The topological polar surface area (TPSA) is 52.0 Å². The van der Waals surface area contributed by atoms with Crippen LogP contribution < -0.4 is 10.1 Å². The molecule has 0 radical (unpaired) electrons. The maximum atomic E-state index is 5.84. The number of rotatable bonds is 7. The molecule has 5 heteroatoms. The molecule has 0 aliphatic carbocycles. The summed E-state index contributed by atoms with van der Waals surface area (Å²) < 4.78 is 7.76. The van der Waals surface area contributed by atoms with E-state index in [1.54, 1.807) is 6.20 Å². The Balaban J connectivity index is 1.48. The molecule has 1 N–H and O–H groups in total. The van der Waals surface area contributed by atoms with Crippen LogP contribution in [0, 0.1) is 0 Å². The lowest BCUT2D eigenvalue weighted by molar-refractivity contribution is 0.316. The normalized spacial score (nSPS) is 11.0. The van der Waals surface area contributed by atoms with Crippen molar-refractivity contribution in [2.75, 3.05) is 13.2 Å². The molecule has 0 atom stereocenters. The van der Waals surface area contributed by atoms with Crippen LogP contribution in [0.1, 0.15) is 12.5 Å². The molecule has 1 aromatic carbocycles. The number of ether oxygens (including phenoxy) is 1. The summed E-state index contributed by atoms with van der Waals surface area (Å²) in [5, 5.41) is 8.71. The van der Waals surface area contributed by atoms with E-state index in [1.165, 1.54) is 5.56 Å². The van der Waals surface area contributed by atoms with Crippen LogP contribution in [0.2, 0.25) is 0 Å².